The van der Waals surface area contributed by atoms with Gasteiger partial charge in [-0.2, -0.15) is 0 Å². The number of imidazole rings is 1. The highest BCUT2D eigenvalue weighted by Gasteiger charge is 2.33. The van der Waals surface area contributed by atoms with Gasteiger partial charge in [0, 0.05) is 43.1 Å². The summed E-state index contributed by atoms with van der Waals surface area (Å²) in [7, 11) is 1.94. The minimum Gasteiger partial charge on any atom is -0.338 e. The zero-order valence-corrected chi connectivity index (χ0v) is 14.1. The molecular formula is C19H20N4O2. The number of rotatable bonds is 5. The zero-order chi connectivity index (χ0) is 17.4. The quantitative estimate of drug-likeness (QED) is 0.715. The van der Waals surface area contributed by atoms with Crippen LogP contribution in [-0.4, -0.2) is 31.0 Å². The Hall–Kier alpha value is -2.89. The Bertz CT molecular complexity index is 984. The number of hydrogen-bond donors (Lipinski definition) is 0. The zero-order valence-electron chi connectivity index (χ0n) is 14.1. The van der Waals surface area contributed by atoms with Crippen molar-refractivity contribution in [1.29, 1.82) is 0 Å². The molecule has 2 aromatic heterocycles. The second-order valence-electron chi connectivity index (χ2n) is 6.53. The number of carbonyl (C=O) groups is 1. The van der Waals surface area contributed by atoms with Gasteiger partial charge in [-0.05, 0) is 25.0 Å². The van der Waals surface area contributed by atoms with Crippen LogP contribution in [-0.2, 0) is 24.9 Å². The van der Waals surface area contributed by atoms with E-state index in [-0.39, 0.29) is 17.9 Å². The molecule has 6 nitrogen and oxygen atoms in total. The highest BCUT2D eigenvalue weighted by atomic mass is 16.2. The number of benzene rings is 1. The molecule has 1 fully saturated rings. The molecule has 6 heteroatoms. The summed E-state index contributed by atoms with van der Waals surface area (Å²) in [6, 6.07) is 9.23. The Labute approximate surface area is 145 Å². The van der Waals surface area contributed by atoms with Gasteiger partial charge in [0.15, 0.2) is 5.43 Å². The number of fused-ring (bicyclic) bond motifs is 1. The van der Waals surface area contributed by atoms with Gasteiger partial charge in [0.05, 0.1) is 12.1 Å². The van der Waals surface area contributed by atoms with Crippen LogP contribution in [0.5, 0.6) is 0 Å². The first kappa shape index (κ1) is 15.6. The fourth-order valence-corrected chi connectivity index (χ4v) is 3.14. The van der Waals surface area contributed by atoms with Crippen molar-refractivity contribution < 1.29 is 4.79 Å². The standard InChI is InChI=1S/C19H20N4O2/c1-21-11-9-20-18(21)12-23(14-6-7-14)19(25)13-22-10-8-17(24)15-4-2-3-5-16(15)22/h2-5,8-11,14H,6-7,12-13H2,1H3. The van der Waals surface area contributed by atoms with E-state index in [0.717, 1.165) is 24.2 Å². The summed E-state index contributed by atoms with van der Waals surface area (Å²) in [4.78, 5) is 31.2. The average molecular weight is 336 g/mol. The van der Waals surface area contributed by atoms with Crippen molar-refractivity contribution in [2.75, 3.05) is 0 Å². The third kappa shape index (κ3) is 3.07. The molecular weight excluding hydrogens is 316 g/mol. The third-order valence-electron chi connectivity index (χ3n) is 4.73. The summed E-state index contributed by atoms with van der Waals surface area (Å²) in [5.41, 5.74) is 0.766. The van der Waals surface area contributed by atoms with Gasteiger partial charge in [0.1, 0.15) is 12.4 Å². The molecule has 0 spiro atoms. The minimum atomic E-state index is -0.0219. The van der Waals surface area contributed by atoms with Crippen LogP contribution in [0.1, 0.15) is 18.7 Å². The van der Waals surface area contributed by atoms with Gasteiger partial charge in [-0.15, -0.1) is 0 Å². The van der Waals surface area contributed by atoms with E-state index >= 15 is 0 Å². The van der Waals surface area contributed by atoms with E-state index in [9.17, 15) is 9.59 Å². The summed E-state index contributed by atoms with van der Waals surface area (Å²) < 4.78 is 3.80. The molecule has 2 heterocycles. The number of aryl methyl sites for hydroxylation is 1. The largest absolute Gasteiger partial charge is 0.338 e. The third-order valence-corrected chi connectivity index (χ3v) is 4.73. The molecule has 1 aliphatic rings. The van der Waals surface area contributed by atoms with E-state index in [0.29, 0.717) is 18.0 Å². The van der Waals surface area contributed by atoms with Crippen molar-refractivity contribution in [2.24, 2.45) is 7.05 Å². The summed E-state index contributed by atoms with van der Waals surface area (Å²) in [6.45, 7) is 0.743. The van der Waals surface area contributed by atoms with Crippen LogP contribution in [0.2, 0.25) is 0 Å². The molecule has 0 saturated heterocycles. The van der Waals surface area contributed by atoms with Crippen LogP contribution in [0.4, 0.5) is 0 Å². The van der Waals surface area contributed by atoms with Crippen molar-refractivity contribution in [3.8, 4) is 0 Å². The van der Waals surface area contributed by atoms with Crippen LogP contribution in [0.25, 0.3) is 10.9 Å². The number of nitrogens with zero attached hydrogens (tertiary/aromatic N) is 4. The van der Waals surface area contributed by atoms with Crippen molar-refractivity contribution in [2.45, 2.75) is 32.0 Å². The number of amides is 1. The van der Waals surface area contributed by atoms with Crippen LogP contribution in [0.15, 0.2) is 53.7 Å². The Kier molecular flexibility index (Phi) is 3.87. The molecule has 1 aromatic carbocycles. The Morgan fingerprint density at radius 3 is 2.76 bits per heavy atom. The molecule has 0 bridgehead atoms. The summed E-state index contributed by atoms with van der Waals surface area (Å²) in [5.74, 6) is 0.935. The van der Waals surface area contributed by atoms with Crippen LogP contribution >= 0.6 is 0 Å². The van der Waals surface area contributed by atoms with Gasteiger partial charge in [-0.25, -0.2) is 4.98 Å². The molecule has 0 radical (unpaired) electrons. The van der Waals surface area contributed by atoms with Gasteiger partial charge < -0.3 is 14.0 Å². The Morgan fingerprint density at radius 1 is 1.24 bits per heavy atom. The van der Waals surface area contributed by atoms with E-state index in [4.69, 9.17) is 0 Å². The number of pyridine rings is 1. The van der Waals surface area contributed by atoms with E-state index in [2.05, 4.69) is 4.98 Å². The molecule has 0 N–H and O–H groups in total. The van der Waals surface area contributed by atoms with Crippen LogP contribution in [0, 0.1) is 0 Å². The fraction of sp³-hybridized carbons (Fsp3) is 0.316. The summed E-state index contributed by atoms with van der Waals surface area (Å²) in [6.07, 6.45) is 7.43. The molecule has 1 aliphatic carbocycles. The molecule has 0 unspecified atom stereocenters. The van der Waals surface area contributed by atoms with E-state index in [1.54, 1.807) is 18.5 Å². The summed E-state index contributed by atoms with van der Waals surface area (Å²) in [5, 5.41) is 0.639. The molecule has 4 rings (SSSR count). The number of carbonyl (C=O) groups excluding carboxylic acids is 1. The van der Waals surface area contributed by atoms with Crippen molar-refractivity contribution in [1.82, 2.24) is 19.0 Å². The lowest BCUT2D eigenvalue weighted by Crippen LogP contribution is -2.36. The van der Waals surface area contributed by atoms with E-state index in [1.807, 2.05) is 45.5 Å². The maximum atomic E-state index is 13.0. The lowest BCUT2D eigenvalue weighted by atomic mass is 10.2. The lowest BCUT2D eigenvalue weighted by molar-refractivity contribution is -0.133. The SMILES string of the molecule is Cn1ccnc1CN(C(=O)Cn1ccc(=O)c2ccccc21)C1CC1. The van der Waals surface area contributed by atoms with Gasteiger partial charge in [-0.1, -0.05) is 12.1 Å². The molecule has 0 aliphatic heterocycles. The maximum absolute atomic E-state index is 13.0. The number of para-hydroxylation sites is 1. The van der Waals surface area contributed by atoms with Gasteiger partial charge in [0.2, 0.25) is 5.91 Å². The lowest BCUT2D eigenvalue weighted by Gasteiger charge is -2.23. The molecule has 1 amide bonds. The average Bonchev–Trinajstić information content (AvgIpc) is 3.38. The normalized spacial score (nSPS) is 14.0. The Morgan fingerprint density at radius 2 is 2.04 bits per heavy atom. The highest BCUT2D eigenvalue weighted by molar-refractivity contribution is 5.82. The van der Waals surface area contributed by atoms with Gasteiger partial charge >= 0.3 is 0 Å². The first-order valence-electron chi connectivity index (χ1n) is 8.47. The number of aromatic nitrogens is 3. The van der Waals surface area contributed by atoms with Crippen molar-refractivity contribution in [3.05, 3.63) is 65.0 Å². The minimum absolute atomic E-state index is 0.0219. The van der Waals surface area contributed by atoms with Gasteiger partial charge in [0.25, 0.3) is 0 Å². The van der Waals surface area contributed by atoms with E-state index < -0.39 is 0 Å². The molecule has 0 atom stereocenters. The first-order chi connectivity index (χ1) is 12.1. The topological polar surface area (TPSA) is 60.1 Å². The monoisotopic (exact) mass is 336 g/mol. The van der Waals surface area contributed by atoms with Crippen LogP contribution in [0.3, 0.4) is 0 Å². The predicted molar refractivity (Wildman–Crippen MR) is 95.0 cm³/mol. The maximum Gasteiger partial charge on any atom is 0.243 e. The first-order valence-corrected chi connectivity index (χ1v) is 8.47. The smallest absolute Gasteiger partial charge is 0.243 e. The van der Waals surface area contributed by atoms with Crippen molar-refractivity contribution in [3.63, 3.8) is 0 Å². The molecule has 1 saturated carbocycles. The highest BCUT2D eigenvalue weighted by Crippen LogP contribution is 2.28. The second-order valence-corrected chi connectivity index (χ2v) is 6.53. The van der Waals surface area contributed by atoms with Gasteiger partial charge in [-0.3, -0.25) is 9.59 Å². The van der Waals surface area contributed by atoms with E-state index in [1.165, 1.54) is 6.07 Å². The summed E-state index contributed by atoms with van der Waals surface area (Å²) >= 11 is 0. The second kappa shape index (κ2) is 6.20. The number of hydrogen-bond acceptors (Lipinski definition) is 3. The van der Waals surface area contributed by atoms with Crippen LogP contribution < -0.4 is 5.43 Å². The van der Waals surface area contributed by atoms with Crippen molar-refractivity contribution >= 4 is 16.8 Å². The Balaban J connectivity index is 1.61. The molecule has 128 valence electrons. The molecule has 3 aromatic rings. The predicted octanol–water partition coefficient (Wildman–Crippen LogP) is 1.93. The fourth-order valence-electron chi connectivity index (χ4n) is 3.14. The molecule has 25 heavy (non-hydrogen) atoms.